The van der Waals surface area contributed by atoms with Crippen molar-refractivity contribution in [2.24, 2.45) is 0 Å². The third-order valence-electron chi connectivity index (χ3n) is 4.39. The maximum Gasteiger partial charge on any atom is 0.251 e. The van der Waals surface area contributed by atoms with Gasteiger partial charge in [0.25, 0.3) is 5.91 Å². The van der Waals surface area contributed by atoms with E-state index in [1.54, 1.807) is 18.3 Å². The van der Waals surface area contributed by atoms with Crippen molar-refractivity contribution in [2.75, 3.05) is 5.32 Å². The smallest absolute Gasteiger partial charge is 0.251 e. The van der Waals surface area contributed by atoms with Crippen LogP contribution in [0.3, 0.4) is 0 Å². The average molecular weight is 375 g/mol. The normalized spacial score (nSPS) is 11.5. The molecule has 0 bridgehead atoms. The first-order valence-electron chi connectivity index (χ1n) is 9.45. The Morgan fingerprint density at radius 3 is 2.54 bits per heavy atom. The second-order valence-electron chi connectivity index (χ2n) is 6.64. The molecule has 1 heterocycles. The molecule has 0 fully saturated rings. The Kier molecular flexibility index (Phi) is 6.63. The van der Waals surface area contributed by atoms with Gasteiger partial charge in [-0.1, -0.05) is 37.3 Å². The van der Waals surface area contributed by atoms with Crippen molar-refractivity contribution in [1.82, 2.24) is 10.3 Å². The number of nitrogens with zero attached hydrogens (tertiary/aromatic N) is 1. The zero-order chi connectivity index (χ0) is 19.8. The minimum atomic E-state index is -0.0931. The highest BCUT2D eigenvalue weighted by atomic mass is 16.5. The lowest BCUT2D eigenvalue weighted by atomic mass is 10.2. The van der Waals surface area contributed by atoms with Gasteiger partial charge in [-0.3, -0.25) is 4.79 Å². The molecule has 3 rings (SSSR count). The molecule has 144 valence electrons. The molecule has 0 saturated heterocycles. The van der Waals surface area contributed by atoms with Crippen molar-refractivity contribution in [2.45, 2.75) is 32.9 Å². The number of ether oxygens (including phenoxy) is 1. The quantitative estimate of drug-likeness (QED) is 0.586. The minimum Gasteiger partial charge on any atom is -0.489 e. The second-order valence-corrected chi connectivity index (χ2v) is 6.64. The van der Waals surface area contributed by atoms with Crippen LogP contribution < -0.4 is 15.4 Å². The lowest BCUT2D eigenvalue weighted by molar-refractivity contribution is 0.0939. The van der Waals surface area contributed by atoms with Crippen molar-refractivity contribution >= 4 is 17.4 Å². The standard InChI is InChI=1S/C23H25N3O2/c1-3-17(2)25-23(27)19-13-14-24-22(15-19)26-20-9-11-21(12-10-20)28-16-18-7-5-4-6-8-18/h4-15,17H,3,16H2,1-2H3,(H,24,26)(H,25,27). The van der Waals surface area contributed by atoms with Crippen LogP contribution in [0.4, 0.5) is 11.5 Å². The topological polar surface area (TPSA) is 63.2 Å². The first kappa shape index (κ1) is 19.4. The number of carbonyl (C=O) groups excluding carboxylic acids is 1. The van der Waals surface area contributed by atoms with Gasteiger partial charge in [0.15, 0.2) is 0 Å². The second kappa shape index (κ2) is 9.55. The molecule has 28 heavy (non-hydrogen) atoms. The van der Waals surface area contributed by atoms with E-state index in [0.717, 1.165) is 23.4 Å². The van der Waals surface area contributed by atoms with Crippen molar-refractivity contribution in [3.8, 4) is 5.75 Å². The summed E-state index contributed by atoms with van der Waals surface area (Å²) < 4.78 is 5.80. The maximum atomic E-state index is 12.3. The van der Waals surface area contributed by atoms with Crippen LogP contribution in [0.5, 0.6) is 5.75 Å². The van der Waals surface area contributed by atoms with E-state index >= 15 is 0 Å². The zero-order valence-electron chi connectivity index (χ0n) is 16.2. The van der Waals surface area contributed by atoms with Gasteiger partial charge in [-0.15, -0.1) is 0 Å². The lowest BCUT2D eigenvalue weighted by Gasteiger charge is -2.12. The number of hydrogen-bond donors (Lipinski definition) is 2. The van der Waals surface area contributed by atoms with Crippen LogP contribution in [0.2, 0.25) is 0 Å². The Morgan fingerprint density at radius 1 is 1.07 bits per heavy atom. The molecule has 0 aliphatic heterocycles. The molecule has 5 heteroatoms. The van der Waals surface area contributed by atoms with Crippen LogP contribution in [0, 0.1) is 0 Å². The van der Waals surface area contributed by atoms with Crippen molar-refractivity contribution in [1.29, 1.82) is 0 Å². The first-order chi connectivity index (χ1) is 13.6. The van der Waals surface area contributed by atoms with E-state index in [2.05, 4.69) is 15.6 Å². The summed E-state index contributed by atoms with van der Waals surface area (Å²) in [5.74, 6) is 1.32. The summed E-state index contributed by atoms with van der Waals surface area (Å²) >= 11 is 0. The summed E-state index contributed by atoms with van der Waals surface area (Å²) in [6, 6.07) is 21.3. The minimum absolute atomic E-state index is 0.0931. The number of aromatic nitrogens is 1. The summed E-state index contributed by atoms with van der Waals surface area (Å²) in [5.41, 5.74) is 2.58. The van der Waals surface area contributed by atoms with Gasteiger partial charge in [-0.25, -0.2) is 4.98 Å². The number of amides is 1. The number of pyridine rings is 1. The molecule has 1 atom stereocenters. The average Bonchev–Trinajstić information content (AvgIpc) is 2.74. The number of rotatable bonds is 8. The zero-order valence-corrected chi connectivity index (χ0v) is 16.2. The van der Waals surface area contributed by atoms with E-state index in [1.807, 2.05) is 68.4 Å². The Labute approximate surface area is 165 Å². The van der Waals surface area contributed by atoms with Crippen LogP contribution in [0.1, 0.15) is 36.2 Å². The molecule has 0 radical (unpaired) electrons. The Morgan fingerprint density at radius 2 is 1.82 bits per heavy atom. The van der Waals surface area contributed by atoms with E-state index in [1.165, 1.54) is 0 Å². The van der Waals surface area contributed by atoms with E-state index in [-0.39, 0.29) is 11.9 Å². The van der Waals surface area contributed by atoms with Gasteiger partial charge in [-0.05, 0) is 55.3 Å². The fourth-order valence-electron chi connectivity index (χ4n) is 2.57. The van der Waals surface area contributed by atoms with Gasteiger partial charge >= 0.3 is 0 Å². The molecule has 0 aliphatic carbocycles. The molecule has 3 aromatic rings. The van der Waals surface area contributed by atoms with E-state index in [4.69, 9.17) is 4.74 Å². The molecular formula is C23H25N3O2. The summed E-state index contributed by atoms with van der Waals surface area (Å²) in [6.07, 6.45) is 2.52. The summed E-state index contributed by atoms with van der Waals surface area (Å²) in [7, 11) is 0. The van der Waals surface area contributed by atoms with Crippen LogP contribution in [-0.4, -0.2) is 16.9 Å². The Balaban J connectivity index is 1.59. The van der Waals surface area contributed by atoms with Crippen LogP contribution in [0.25, 0.3) is 0 Å². The highest BCUT2D eigenvalue weighted by Crippen LogP contribution is 2.20. The van der Waals surface area contributed by atoms with Crippen molar-refractivity contribution in [3.63, 3.8) is 0 Å². The highest BCUT2D eigenvalue weighted by molar-refractivity contribution is 5.95. The lowest BCUT2D eigenvalue weighted by Crippen LogP contribution is -2.31. The summed E-state index contributed by atoms with van der Waals surface area (Å²) in [6.45, 7) is 4.56. The van der Waals surface area contributed by atoms with Crippen LogP contribution in [-0.2, 0) is 6.61 Å². The molecule has 2 N–H and O–H groups in total. The third-order valence-corrected chi connectivity index (χ3v) is 4.39. The molecule has 2 aromatic carbocycles. The summed E-state index contributed by atoms with van der Waals surface area (Å²) in [4.78, 5) is 16.6. The molecule has 1 unspecified atom stereocenters. The molecule has 5 nitrogen and oxygen atoms in total. The molecule has 1 aromatic heterocycles. The van der Waals surface area contributed by atoms with Crippen LogP contribution in [0.15, 0.2) is 72.9 Å². The number of hydrogen-bond acceptors (Lipinski definition) is 4. The third kappa shape index (κ3) is 5.58. The monoisotopic (exact) mass is 375 g/mol. The highest BCUT2D eigenvalue weighted by Gasteiger charge is 2.09. The van der Waals surface area contributed by atoms with Gasteiger partial charge in [-0.2, -0.15) is 0 Å². The van der Waals surface area contributed by atoms with E-state index in [0.29, 0.717) is 18.0 Å². The van der Waals surface area contributed by atoms with Crippen LogP contribution >= 0.6 is 0 Å². The Bertz CT molecular complexity index is 895. The SMILES string of the molecule is CCC(C)NC(=O)c1ccnc(Nc2ccc(OCc3ccccc3)cc2)c1. The fraction of sp³-hybridized carbons (Fsp3) is 0.217. The first-order valence-corrected chi connectivity index (χ1v) is 9.45. The van der Waals surface area contributed by atoms with Crippen molar-refractivity contribution < 1.29 is 9.53 Å². The number of anilines is 2. The molecule has 0 saturated carbocycles. The van der Waals surface area contributed by atoms with Gasteiger partial charge in [0.2, 0.25) is 0 Å². The van der Waals surface area contributed by atoms with Gasteiger partial charge < -0.3 is 15.4 Å². The van der Waals surface area contributed by atoms with E-state index in [9.17, 15) is 4.79 Å². The molecule has 1 amide bonds. The number of benzene rings is 2. The fourth-order valence-corrected chi connectivity index (χ4v) is 2.57. The van der Waals surface area contributed by atoms with Crippen molar-refractivity contribution in [3.05, 3.63) is 84.1 Å². The predicted molar refractivity (Wildman–Crippen MR) is 112 cm³/mol. The number of nitrogens with one attached hydrogen (secondary N) is 2. The summed E-state index contributed by atoms with van der Waals surface area (Å²) in [5, 5.41) is 6.18. The molecule has 0 aliphatic rings. The largest absolute Gasteiger partial charge is 0.489 e. The molecular weight excluding hydrogens is 350 g/mol. The van der Waals surface area contributed by atoms with Gasteiger partial charge in [0.05, 0.1) is 0 Å². The van der Waals surface area contributed by atoms with E-state index < -0.39 is 0 Å². The Hall–Kier alpha value is -3.34. The van der Waals surface area contributed by atoms with Gasteiger partial charge in [0, 0.05) is 23.5 Å². The predicted octanol–water partition coefficient (Wildman–Crippen LogP) is 4.93. The van der Waals surface area contributed by atoms with Gasteiger partial charge in [0.1, 0.15) is 18.2 Å². The molecule has 0 spiro atoms. The maximum absolute atomic E-state index is 12.3. The number of carbonyl (C=O) groups is 1.